The van der Waals surface area contributed by atoms with Crippen LogP contribution in [0.25, 0.3) is 5.57 Å². The van der Waals surface area contributed by atoms with Crippen LogP contribution in [0.3, 0.4) is 0 Å². The number of hydrogen-bond acceptors (Lipinski definition) is 4. The third-order valence-electron chi connectivity index (χ3n) is 6.41. The molecule has 0 saturated carbocycles. The highest BCUT2D eigenvalue weighted by molar-refractivity contribution is 6.30. The first-order valence-electron chi connectivity index (χ1n) is 12.4. The summed E-state index contributed by atoms with van der Waals surface area (Å²) in [6.07, 6.45) is 8.36. The van der Waals surface area contributed by atoms with E-state index in [4.69, 9.17) is 17.3 Å². The van der Waals surface area contributed by atoms with E-state index in [9.17, 15) is 14.7 Å². The van der Waals surface area contributed by atoms with Crippen molar-refractivity contribution < 1.29 is 14.7 Å². The van der Waals surface area contributed by atoms with Gasteiger partial charge < -0.3 is 20.6 Å². The topological polar surface area (TPSA) is 86.9 Å². The lowest BCUT2D eigenvalue weighted by Gasteiger charge is -2.35. The average molecular weight is 490 g/mol. The predicted octanol–water partition coefficient (Wildman–Crippen LogP) is 4.61. The van der Waals surface area contributed by atoms with E-state index in [1.165, 1.54) is 11.0 Å². The number of aliphatic hydroxyl groups is 1. The number of halogens is 1. The van der Waals surface area contributed by atoms with Crippen LogP contribution in [-0.4, -0.2) is 58.6 Å². The first kappa shape index (κ1) is 28.1. The highest BCUT2D eigenvalue weighted by Gasteiger charge is 2.28. The summed E-state index contributed by atoms with van der Waals surface area (Å²) in [5, 5.41) is 10.3. The molecule has 6 nitrogen and oxygen atoms in total. The highest BCUT2D eigenvalue weighted by atomic mass is 35.5. The van der Waals surface area contributed by atoms with Crippen LogP contribution in [0.5, 0.6) is 0 Å². The van der Waals surface area contributed by atoms with E-state index < -0.39 is 6.17 Å². The summed E-state index contributed by atoms with van der Waals surface area (Å²) in [7, 11) is 0. The Balaban J connectivity index is 2.13. The maximum atomic E-state index is 13.3. The largest absolute Gasteiger partial charge is 0.393 e. The zero-order valence-corrected chi connectivity index (χ0v) is 21.3. The van der Waals surface area contributed by atoms with Gasteiger partial charge in [-0.1, -0.05) is 62.6 Å². The molecule has 7 heteroatoms. The predicted molar refractivity (Wildman–Crippen MR) is 139 cm³/mol. The van der Waals surface area contributed by atoms with Crippen LogP contribution in [0, 0.1) is 5.92 Å². The number of unbranched alkanes of at least 4 members (excludes halogenated alkanes) is 2. The number of amides is 2. The molecule has 2 atom stereocenters. The normalized spacial score (nSPS) is 16.7. The summed E-state index contributed by atoms with van der Waals surface area (Å²) in [6, 6.07) is 7.18. The van der Waals surface area contributed by atoms with Gasteiger partial charge in [-0.25, -0.2) is 0 Å². The van der Waals surface area contributed by atoms with Crippen molar-refractivity contribution in [1.29, 1.82) is 0 Å². The van der Waals surface area contributed by atoms with Gasteiger partial charge in [0, 0.05) is 24.2 Å². The van der Waals surface area contributed by atoms with Crippen molar-refractivity contribution in [2.45, 2.75) is 71.1 Å². The molecule has 0 aromatic heterocycles. The molecule has 3 N–H and O–H groups in total. The van der Waals surface area contributed by atoms with Gasteiger partial charge in [0.05, 0.1) is 12.3 Å². The van der Waals surface area contributed by atoms with Gasteiger partial charge in [-0.05, 0) is 61.8 Å². The molecule has 188 valence electrons. The Bertz CT molecular complexity index is 830. The molecule has 1 aromatic carbocycles. The summed E-state index contributed by atoms with van der Waals surface area (Å²) in [5.41, 5.74) is 7.89. The number of likely N-dealkylation sites (tertiary alicyclic amines) is 1. The second-order valence-corrected chi connectivity index (χ2v) is 9.69. The molecule has 1 fully saturated rings. The van der Waals surface area contributed by atoms with Crippen LogP contribution < -0.4 is 5.73 Å². The minimum atomic E-state index is -0.539. The van der Waals surface area contributed by atoms with E-state index in [1.807, 2.05) is 17.0 Å². The lowest BCUT2D eigenvalue weighted by atomic mass is 9.91. The van der Waals surface area contributed by atoms with Crippen LogP contribution in [0.15, 0.2) is 43.0 Å². The van der Waals surface area contributed by atoms with E-state index in [1.54, 1.807) is 25.1 Å². The van der Waals surface area contributed by atoms with Crippen LogP contribution in [0.2, 0.25) is 5.02 Å². The van der Waals surface area contributed by atoms with Gasteiger partial charge in [0.2, 0.25) is 11.8 Å². The minimum Gasteiger partial charge on any atom is -0.393 e. The molecule has 2 unspecified atom stereocenters. The number of aliphatic hydroxyl groups excluding tert-OH is 1. The number of hydrogen-bond donors (Lipinski definition) is 2. The first-order chi connectivity index (χ1) is 16.2. The third kappa shape index (κ3) is 8.90. The number of carbonyl (C=O) groups is 2. The molecular formula is C27H40ClN3O3. The Hall–Kier alpha value is -2.15. The molecule has 1 aliphatic heterocycles. The van der Waals surface area contributed by atoms with E-state index in [0.29, 0.717) is 36.0 Å². The fourth-order valence-corrected chi connectivity index (χ4v) is 4.51. The molecule has 1 aromatic rings. The molecular weight excluding hydrogens is 450 g/mol. The Morgan fingerprint density at radius 1 is 1.26 bits per heavy atom. The van der Waals surface area contributed by atoms with Crippen LogP contribution in [-0.2, 0) is 9.59 Å². The molecule has 0 aliphatic carbocycles. The highest BCUT2D eigenvalue weighted by Crippen LogP contribution is 2.23. The molecule has 2 rings (SSSR count). The Morgan fingerprint density at radius 3 is 2.47 bits per heavy atom. The van der Waals surface area contributed by atoms with Crippen molar-refractivity contribution in [2.75, 3.05) is 19.6 Å². The number of carbonyl (C=O) groups excluding carboxylic acids is 2. The summed E-state index contributed by atoms with van der Waals surface area (Å²) in [5.74, 6) is 0.0385. The molecule has 0 spiro atoms. The molecule has 2 amide bonds. The van der Waals surface area contributed by atoms with Crippen molar-refractivity contribution >= 4 is 29.0 Å². The second kappa shape index (κ2) is 14.3. The number of nitrogens with zero attached hydrogens (tertiary/aromatic N) is 2. The van der Waals surface area contributed by atoms with Gasteiger partial charge >= 0.3 is 0 Å². The van der Waals surface area contributed by atoms with E-state index in [-0.39, 0.29) is 24.5 Å². The SMILES string of the molecule is C=C/C(=C\C(=O)N(CC(=O)N1CCC(CC(C)O)CC1)C(N)CCCCC)c1ccc(Cl)cc1. The van der Waals surface area contributed by atoms with Gasteiger partial charge in [-0.2, -0.15) is 0 Å². The fraction of sp³-hybridized carbons (Fsp3) is 0.556. The Morgan fingerprint density at radius 2 is 1.91 bits per heavy atom. The van der Waals surface area contributed by atoms with Crippen LogP contribution >= 0.6 is 11.6 Å². The second-order valence-electron chi connectivity index (χ2n) is 9.25. The zero-order chi connectivity index (χ0) is 25.1. The Labute approximate surface area is 209 Å². The molecule has 34 heavy (non-hydrogen) atoms. The smallest absolute Gasteiger partial charge is 0.248 e. The molecule has 1 aliphatic rings. The number of allylic oxidation sites excluding steroid dienone is 2. The number of piperidine rings is 1. The van der Waals surface area contributed by atoms with E-state index in [2.05, 4.69) is 13.5 Å². The lowest BCUT2D eigenvalue weighted by molar-refractivity contribution is -0.141. The number of rotatable bonds is 12. The fourth-order valence-electron chi connectivity index (χ4n) is 4.38. The van der Waals surface area contributed by atoms with Crippen molar-refractivity contribution in [3.8, 4) is 0 Å². The number of benzene rings is 1. The van der Waals surface area contributed by atoms with Gasteiger partial charge in [0.1, 0.15) is 6.54 Å². The quantitative estimate of drug-likeness (QED) is 0.194. The first-order valence-corrected chi connectivity index (χ1v) is 12.7. The van der Waals surface area contributed by atoms with Crippen molar-refractivity contribution in [3.63, 3.8) is 0 Å². The van der Waals surface area contributed by atoms with Crippen LogP contribution in [0.4, 0.5) is 0 Å². The maximum Gasteiger partial charge on any atom is 0.248 e. The molecule has 1 heterocycles. The zero-order valence-electron chi connectivity index (χ0n) is 20.6. The third-order valence-corrected chi connectivity index (χ3v) is 6.66. The standard InChI is InChI=1S/C27H40ClN3O3/c1-4-6-7-8-25(29)31(19-27(34)30-15-13-21(14-16-30)17-20(3)32)26(33)18-22(5-2)23-9-11-24(28)12-10-23/h5,9-12,18,20-21,25,32H,2,4,6-8,13-17,19,29H2,1,3H3/b22-18+. The summed E-state index contributed by atoms with van der Waals surface area (Å²) >= 11 is 5.99. The molecule has 0 radical (unpaired) electrons. The minimum absolute atomic E-state index is 0.0469. The monoisotopic (exact) mass is 489 g/mol. The maximum absolute atomic E-state index is 13.3. The summed E-state index contributed by atoms with van der Waals surface area (Å²) in [6.45, 7) is 8.99. The van der Waals surface area contributed by atoms with E-state index in [0.717, 1.165) is 44.1 Å². The van der Waals surface area contributed by atoms with Gasteiger partial charge in [-0.15, -0.1) is 0 Å². The average Bonchev–Trinajstić information content (AvgIpc) is 2.81. The summed E-state index contributed by atoms with van der Waals surface area (Å²) < 4.78 is 0. The molecule has 1 saturated heterocycles. The summed E-state index contributed by atoms with van der Waals surface area (Å²) in [4.78, 5) is 29.7. The molecule has 0 bridgehead atoms. The van der Waals surface area contributed by atoms with Gasteiger partial charge in [-0.3, -0.25) is 9.59 Å². The van der Waals surface area contributed by atoms with Crippen LogP contribution in [0.1, 0.15) is 64.4 Å². The van der Waals surface area contributed by atoms with Gasteiger partial charge in [0.15, 0.2) is 0 Å². The Kier molecular flexibility index (Phi) is 11.8. The number of nitrogens with two attached hydrogens (primary N) is 1. The lowest BCUT2D eigenvalue weighted by Crippen LogP contribution is -2.51. The van der Waals surface area contributed by atoms with Crippen molar-refractivity contribution in [1.82, 2.24) is 9.80 Å². The van der Waals surface area contributed by atoms with Gasteiger partial charge in [0.25, 0.3) is 0 Å². The van der Waals surface area contributed by atoms with Crippen molar-refractivity contribution in [3.05, 3.63) is 53.6 Å². The van der Waals surface area contributed by atoms with Crippen molar-refractivity contribution in [2.24, 2.45) is 11.7 Å². The van der Waals surface area contributed by atoms with E-state index >= 15 is 0 Å².